The normalized spacial score (nSPS) is 14.0. The molecule has 1 aliphatic rings. The van der Waals surface area contributed by atoms with Crippen molar-refractivity contribution in [1.82, 2.24) is 14.5 Å². The van der Waals surface area contributed by atoms with Gasteiger partial charge in [0.25, 0.3) is 0 Å². The highest BCUT2D eigenvalue weighted by Crippen LogP contribution is 2.37. The predicted octanol–water partition coefficient (Wildman–Crippen LogP) is 5.58. The van der Waals surface area contributed by atoms with Gasteiger partial charge in [0.15, 0.2) is 5.82 Å². The lowest BCUT2D eigenvalue weighted by Gasteiger charge is -2.24. The molecule has 0 atom stereocenters. The van der Waals surface area contributed by atoms with E-state index in [0.29, 0.717) is 0 Å². The van der Waals surface area contributed by atoms with Crippen molar-refractivity contribution in [2.45, 2.75) is 53.4 Å². The van der Waals surface area contributed by atoms with Crippen LogP contribution in [0, 0.1) is 26.7 Å². The lowest BCUT2D eigenvalue weighted by Crippen LogP contribution is -2.27. The Labute approximate surface area is 168 Å². The van der Waals surface area contributed by atoms with Gasteiger partial charge in [0.05, 0.1) is 0 Å². The monoisotopic (exact) mass is 376 g/mol. The Balaban J connectivity index is 1.83. The quantitative estimate of drug-likeness (QED) is 0.540. The molecule has 4 rings (SSSR count). The zero-order valence-electron chi connectivity index (χ0n) is 17.9. The van der Waals surface area contributed by atoms with Gasteiger partial charge in [-0.2, -0.15) is 0 Å². The topological polar surface area (TPSA) is 34.0 Å². The van der Waals surface area contributed by atoms with Gasteiger partial charge in [-0.1, -0.05) is 37.5 Å². The van der Waals surface area contributed by atoms with Crippen molar-refractivity contribution in [3.8, 4) is 11.1 Å². The van der Waals surface area contributed by atoms with Crippen LogP contribution in [0.3, 0.4) is 0 Å². The summed E-state index contributed by atoms with van der Waals surface area (Å²) in [6.45, 7) is 11.0. The molecule has 148 valence electrons. The summed E-state index contributed by atoms with van der Waals surface area (Å²) in [6, 6.07) is 4.53. The Morgan fingerprint density at radius 3 is 2.43 bits per heavy atom. The van der Waals surface area contributed by atoms with Gasteiger partial charge in [0.2, 0.25) is 0 Å². The smallest absolute Gasteiger partial charge is 0.156 e. The van der Waals surface area contributed by atoms with Gasteiger partial charge >= 0.3 is 0 Å². The Kier molecular flexibility index (Phi) is 5.13. The second-order valence-corrected chi connectivity index (χ2v) is 8.54. The molecule has 0 bridgehead atoms. The maximum Gasteiger partial charge on any atom is 0.156 e. The van der Waals surface area contributed by atoms with E-state index >= 15 is 0 Å². The van der Waals surface area contributed by atoms with Crippen molar-refractivity contribution in [2.24, 2.45) is 13.0 Å². The number of aromatic nitrogens is 3. The van der Waals surface area contributed by atoms with Crippen molar-refractivity contribution in [1.29, 1.82) is 0 Å². The summed E-state index contributed by atoms with van der Waals surface area (Å²) in [6.07, 6.45) is 9.19. The summed E-state index contributed by atoms with van der Waals surface area (Å²) in [5, 5.41) is 0. The fourth-order valence-electron chi connectivity index (χ4n) is 4.57. The van der Waals surface area contributed by atoms with Crippen LogP contribution < -0.4 is 4.90 Å². The minimum absolute atomic E-state index is 0.929. The molecule has 0 spiro atoms. The van der Waals surface area contributed by atoms with Crippen molar-refractivity contribution < 1.29 is 0 Å². The van der Waals surface area contributed by atoms with Gasteiger partial charge in [0.1, 0.15) is 17.4 Å². The van der Waals surface area contributed by atoms with E-state index in [0.717, 1.165) is 42.3 Å². The molecule has 1 saturated carbocycles. The maximum absolute atomic E-state index is 4.74. The molecule has 0 unspecified atom stereocenters. The summed E-state index contributed by atoms with van der Waals surface area (Å²) in [5.74, 6) is 2.02. The lowest BCUT2D eigenvalue weighted by molar-refractivity contribution is 0.663. The first-order valence-electron chi connectivity index (χ1n) is 10.6. The number of rotatable bonds is 7. The van der Waals surface area contributed by atoms with E-state index in [9.17, 15) is 0 Å². The molecule has 0 N–H and O–H groups in total. The van der Waals surface area contributed by atoms with Gasteiger partial charge in [-0.25, -0.2) is 9.97 Å². The number of nitrogens with zero attached hydrogens (tertiary/aromatic N) is 4. The minimum atomic E-state index is 0.929. The Morgan fingerprint density at radius 2 is 1.79 bits per heavy atom. The van der Waals surface area contributed by atoms with Gasteiger partial charge in [-0.05, 0) is 56.2 Å². The van der Waals surface area contributed by atoms with Crippen LogP contribution in [0.15, 0.2) is 24.7 Å². The van der Waals surface area contributed by atoms with Crippen LogP contribution >= 0.6 is 0 Å². The minimum Gasteiger partial charge on any atom is -0.355 e. The largest absolute Gasteiger partial charge is 0.355 e. The van der Waals surface area contributed by atoms with Crippen molar-refractivity contribution in [3.05, 3.63) is 41.3 Å². The average Bonchev–Trinajstić information content (AvgIpc) is 3.41. The summed E-state index contributed by atoms with van der Waals surface area (Å²) < 4.78 is 2.22. The van der Waals surface area contributed by atoms with Crippen LogP contribution in [-0.4, -0.2) is 27.6 Å². The van der Waals surface area contributed by atoms with E-state index in [-0.39, 0.29) is 0 Å². The van der Waals surface area contributed by atoms with Crippen LogP contribution in [0.1, 0.15) is 49.3 Å². The first-order chi connectivity index (χ1) is 13.5. The molecule has 0 aliphatic heterocycles. The van der Waals surface area contributed by atoms with Crippen molar-refractivity contribution in [2.75, 3.05) is 18.0 Å². The van der Waals surface area contributed by atoms with Crippen LogP contribution in [-0.2, 0) is 7.05 Å². The number of benzene rings is 1. The second-order valence-electron chi connectivity index (χ2n) is 8.54. The predicted molar refractivity (Wildman–Crippen MR) is 118 cm³/mol. The molecule has 2 heterocycles. The summed E-state index contributed by atoms with van der Waals surface area (Å²) >= 11 is 0. The van der Waals surface area contributed by atoms with Crippen LogP contribution in [0.2, 0.25) is 0 Å². The molecule has 1 aliphatic carbocycles. The van der Waals surface area contributed by atoms with Gasteiger partial charge < -0.3 is 9.47 Å². The Hall–Kier alpha value is -2.36. The molecule has 28 heavy (non-hydrogen) atoms. The molecular weight excluding hydrogens is 344 g/mol. The molecule has 4 heteroatoms. The Bertz CT molecular complexity index is 974. The van der Waals surface area contributed by atoms with Crippen molar-refractivity contribution in [3.63, 3.8) is 0 Å². The first-order valence-corrected chi connectivity index (χ1v) is 10.6. The zero-order chi connectivity index (χ0) is 19.8. The molecule has 3 aromatic rings. The third-order valence-corrected chi connectivity index (χ3v) is 5.98. The third-order valence-electron chi connectivity index (χ3n) is 5.98. The molecule has 2 aromatic heterocycles. The van der Waals surface area contributed by atoms with E-state index in [1.54, 1.807) is 6.33 Å². The van der Waals surface area contributed by atoms with Gasteiger partial charge in [-0.3, -0.25) is 0 Å². The summed E-state index contributed by atoms with van der Waals surface area (Å²) in [7, 11) is 2.13. The number of anilines is 1. The fraction of sp³-hybridized carbons (Fsp3) is 0.500. The number of hydrogen-bond donors (Lipinski definition) is 0. The fourth-order valence-corrected chi connectivity index (χ4v) is 4.57. The molecule has 1 aromatic carbocycles. The SMILES string of the molecule is CCCN(CCC1CC1)c1ncnc2c(-c3c(C)cc(C)cc3C)cn(C)c12. The van der Waals surface area contributed by atoms with E-state index < -0.39 is 0 Å². The zero-order valence-corrected chi connectivity index (χ0v) is 17.9. The highest BCUT2D eigenvalue weighted by Gasteiger charge is 2.24. The van der Waals surface area contributed by atoms with Gasteiger partial charge in [0, 0.05) is 31.9 Å². The first kappa shape index (κ1) is 19.0. The second kappa shape index (κ2) is 7.57. The van der Waals surface area contributed by atoms with Gasteiger partial charge in [-0.15, -0.1) is 0 Å². The third kappa shape index (κ3) is 3.52. The van der Waals surface area contributed by atoms with E-state index in [1.165, 1.54) is 47.1 Å². The lowest BCUT2D eigenvalue weighted by atomic mass is 9.95. The maximum atomic E-state index is 4.74. The molecule has 0 radical (unpaired) electrons. The van der Waals surface area contributed by atoms with E-state index in [2.05, 4.69) is 62.5 Å². The van der Waals surface area contributed by atoms with Crippen LogP contribution in [0.5, 0.6) is 0 Å². The standard InChI is InChI=1S/C24H32N4/c1-6-10-28(11-9-19-7-8-19)24-23-22(25-15-26-24)20(14-27(23)5)21-17(3)12-16(2)13-18(21)4/h12-15,19H,6-11H2,1-5H3. The highest BCUT2D eigenvalue weighted by atomic mass is 15.2. The average molecular weight is 377 g/mol. The molecular formula is C24H32N4. The molecule has 0 saturated heterocycles. The molecule has 1 fully saturated rings. The Morgan fingerprint density at radius 1 is 1.07 bits per heavy atom. The van der Waals surface area contributed by atoms with Crippen LogP contribution in [0.4, 0.5) is 5.82 Å². The summed E-state index contributed by atoms with van der Waals surface area (Å²) in [5.41, 5.74) is 8.67. The molecule has 0 amide bonds. The number of fused-ring (bicyclic) bond motifs is 1. The van der Waals surface area contributed by atoms with E-state index in [1.807, 2.05) is 0 Å². The summed E-state index contributed by atoms with van der Waals surface area (Å²) in [4.78, 5) is 12.0. The highest BCUT2D eigenvalue weighted by molar-refractivity contribution is 5.99. The molecule has 4 nitrogen and oxygen atoms in total. The number of aryl methyl sites for hydroxylation is 4. The number of hydrogen-bond acceptors (Lipinski definition) is 3. The van der Waals surface area contributed by atoms with E-state index in [4.69, 9.17) is 9.97 Å². The van der Waals surface area contributed by atoms with Crippen molar-refractivity contribution >= 4 is 16.9 Å². The van der Waals surface area contributed by atoms with Crippen LogP contribution in [0.25, 0.3) is 22.2 Å².